The van der Waals surface area contributed by atoms with Gasteiger partial charge in [0.2, 0.25) is 5.91 Å². The van der Waals surface area contributed by atoms with Crippen molar-refractivity contribution in [3.8, 4) is 5.75 Å². The number of thioether (sulfide) groups is 1. The Bertz CT molecular complexity index is 820. The van der Waals surface area contributed by atoms with Gasteiger partial charge < -0.3 is 14.5 Å². The molecule has 0 N–H and O–H groups in total. The van der Waals surface area contributed by atoms with E-state index in [1.54, 1.807) is 43.1 Å². The fraction of sp³-hybridized carbons (Fsp3) is 0.333. The topological polar surface area (TPSA) is 49.9 Å². The van der Waals surface area contributed by atoms with Gasteiger partial charge in [0.25, 0.3) is 5.91 Å². The van der Waals surface area contributed by atoms with Gasteiger partial charge in [-0.3, -0.25) is 9.59 Å². The fourth-order valence-corrected chi connectivity index (χ4v) is 4.85. The van der Waals surface area contributed by atoms with Crippen molar-refractivity contribution < 1.29 is 14.3 Å². The van der Waals surface area contributed by atoms with Crippen LogP contribution in [-0.2, 0) is 11.2 Å². The predicted octanol–water partition coefficient (Wildman–Crippen LogP) is 2.70. The number of carbonyl (C=O) groups is 2. The Morgan fingerprint density at radius 2 is 1.63 bits per heavy atom. The highest BCUT2D eigenvalue weighted by molar-refractivity contribution is 8.01. The van der Waals surface area contributed by atoms with Crippen LogP contribution in [0.2, 0.25) is 0 Å². The lowest BCUT2D eigenvalue weighted by Gasteiger charge is -2.35. The number of nitrogens with zero attached hydrogens (tertiary/aromatic N) is 2. The highest BCUT2D eigenvalue weighted by atomic mass is 32.2. The van der Waals surface area contributed by atoms with E-state index in [-0.39, 0.29) is 17.1 Å². The van der Waals surface area contributed by atoms with Crippen molar-refractivity contribution in [2.24, 2.45) is 0 Å². The molecule has 6 heteroatoms. The number of carbonyl (C=O) groups excluding carboxylic acids is 2. The van der Waals surface area contributed by atoms with Gasteiger partial charge >= 0.3 is 0 Å². The first-order chi connectivity index (χ1) is 13.2. The van der Waals surface area contributed by atoms with Crippen LogP contribution in [0.1, 0.15) is 15.9 Å². The Labute approximate surface area is 163 Å². The van der Waals surface area contributed by atoms with Gasteiger partial charge in [-0.25, -0.2) is 0 Å². The van der Waals surface area contributed by atoms with Crippen LogP contribution < -0.4 is 4.74 Å². The van der Waals surface area contributed by atoms with Crippen molar-refractivity contribution >= 4 is 23.6 Å². The summed E-state index contributed by atoms with van der Waals surface area (Å²) < 4.78 is 5.14. The van der Waals surface area contributed by atoms with E-state index in [0.29, 0.717) is 31.7 Å². The second kappa shape index (κ2) is 7.64. The molecule has 0 aliphatic carbocycles. The molecular formula is C21H22N2O3S. The quantitative estimate of drug-likeness (QED) is 0.819. The Morgan fingerprint density at radius 1 is 0.963 bits per heavy atom. The molecular weight excluding hydrogens is 360 g/mol. The summed E-state index contributed by atoms with van der Waals surface area (Å²) in [7, 11) is 1.61. The van der Waals surface area contributed by atoms with Gasteiger partial charge in [-0.1, -0.05) is 18.2 Å². The summed E-state index contributed by atoms with van der Waals surface area (Å²) >= 11 is 1.66. The number of amides is 2. The van der Waals surface area contributed by atoms with Crippen LogP contribution >= 0.6 is 11.8 Å². The third-order valence-corrected chi connectivity index (χ3v) is 6.44. The van der Waals surface area contributed by atoms with E-state index in [2.05, 4.69) is 12.1 Å². The predicted molar refractivity (Wildman–Crippen MR) is 105 cm³/mol. The molecule has 0 bridgehead atoms. The lowest BCUT2D eigenvalue weighted by molar-refractivity contribution is -0.132. The van der Waals surface area contributed by atoms with Gasteiger partial charge in [0, 0.05) is 36.6 Å². The maximum absolute atomic E-state index is 12.9. The molecule has 0 aromatic heterocycles. The van der Waals surface area contributed by atoms with Crippen LogP contribution in [0.5, 0.6) is 5.75 Å². The third kappa shape index (κ3) is 3.67. The minimum absolute atomic E-state index is 0.00685. The lowest BCUT2D eigenvalue weighted by Crippen LogP contribution is -2.52. The molecule has 140 valence electrons. The largest absolute Gasteiger partial charge is 0.497 e. The van der Waals surface area contributed by atoms with Gasteiger partial charge in [-0.2, -0.15) is 0 Å². The zero-order valence-corrected chi connectivity index (χ0v) is 16.1. The van der Waals surface area contributed by atoms with Crippen molar-refractivity contribution in [2.45, 2.75) is 16.6 Å². The number of rotatable bonds is 3. The summed E-state index contributed by atoms with van der Waals surface area (Å²) in [6.45, 7) is 2.32. The molecule has 0 spiro atoms. The first-order valence-electron chi connectivity index (χ1n) is 9.12. The molecule has 5 nitrogen and oxygen atoms in total. The minimum Gasteiger partial charge on any atom is -0.497 e. The molecule has 2 amide bonds. The number of hydrogen-bond donors (Lipinski definition) is 0. The monoisotopic (exact) mass is 382 g/mol. The van der Waals surface area contributed by atoms with E-state index < -0.39 is 0 Å². The second-order valence-electron chi connectivity index (χ2n) is 6.76. The first kappa shape index (κ1) is 17.9. The van der Waals surface area contributed by atoms with Crippen LogP contribution in [0.4, 0.5) is 0 Å². The SMILES string of the molecule is COc1ccc(C(=O)N2CCN(C(=O)C3Cc4ccccc4S3)CC2)cc1. The van der Waals surface area contributed by atoms with Crippen molar-refractivity contribution in [1.29, 1.82) is 0 Å². The van der Waals surface area contributed by atoms with Gasteiger partial charge in [0.05, 0.1) is 12.4 Å². The number of fused-ring (bicyclic) bond motifs is 1. The average molecular weight is 382 g/mol. The molecule has 1 atom stereocenters. The highest BCUT2D eigenvalue weighted by Gasteiger charge is 2.33. The summed E-state index contributed by atoms with van der Waals surface area (Å²) in [6.07, 6.45) is 0.796. The summed E-state index contributed by atoms with van der Waals surface area (Å²) in [4.78, 5) is 30.5. The van der Waals surface area contributed by atoms with E-state index in [0.717, 1.165) is 12.2 Å². The minimum atomic E-state index is -0.0359. The zero-order chi connectivity index (χ0) is 18.8. The molecule has 0 saturated carbocycles. The van der Waals surface area contributed by atoms with E-state index in [1.165, 1.54) is 10.5 Å². The molecule has 0 radical (unpaired) electrons. The molecule has 2 heterocycles. The zero-order valence-electron chi connectivity index (χ0n) is 15.3. The van der Waals surface area contributed by atoms with Crippen LogP contribution in [0, 0.1) is 0 Å². The Morgan fingerprint density at radius 3 is 2.30 bits per heavy atom. The molecule has 2 aliphatic heterocycles. The van der Waals surface area contributed by atoms with Crippen LogP contribution in [-0.4, -0.2) is 60.2 Å². The van der Waals surface area contributed by atoms with Gasteiger partial charge in [0.1, 0.15) is 5.75 Å². The Kier molecular flexibility index (Phi) is 5.07. The maximum atomic E-state index is 12.9. The van der Waals surface area contributed by atoms with E-state index in [1.807, 2.05) is 21.9 Å². The fourth-order valence-electron chi connectivity index (χ4n) is 3.57. The smallest absolute Gasteiger partial charge is 0.253 e. The van der Waals surface area contributed by atoms with Crippen molar-refractivity contribution in [3.63, 3.8) is 0 Å². The first-order valence-corrected chi connectivity index (χ1v) is 10.0. The maximum Gasteiger partial charge on any atom is 0.253 e. The third-order valence-electron chi connectivity index (χ3n) is 5.14. The standard InChI is InChI=1S/C21H22N2O3S/c1-26-17-8-6-15(7-9-17)20(24)22-10-12-23(13-11-22)21(25)19-14-16-4-2-3-5-18(16)27-19/h2-9,19H,10-14H2,1H3. The summed E-state index contributed by atoms with van der Waals surface area (Å²) in [6, 6.07) is 15.4. The van der Waals surface area contributed by atoms with E-state index in [4.69, 9.17) is 4.74 Å². The summed E-state index contributed by atoms with van der Waals surface area (Å²) in [5.74, 6) is 0.928. The second-order valence-corrected chi connectivity index (χ2v) is 8.01. The Hall–Kier alpha value is -2.47. The van der Waals surface area contributed by atoms with Crippen LogP contribution in [0.15, 0.2) is 53.4 Å². The average Bonchev–Trinajstić information content (AvgIpc) is 3.17. The lowest BCUT2D eigenvalue weighted by atomic mass is 10.1. The van der Waals surface area contributed by atoms with Gasteiger partial charge in [-0.15, -0.1) is 11.8 Å². The molecule has 27 heavy (non-hydrogen) atoms. The highest BCUT2D eigenvalue weighted by Crippen LogP contribution is 2.37. The van der Waals surface area contributed by atoms with Crippen molar-refractivity contribution in [1.82, 2.24) is 9.80 Å². The Balaban J connectivity index is 1.33. The molecule has 2 aromatic rings. The van der Waals surface area contributed by atoms with Crippen molar-refractivity contribution in [2.75, 3.05) is 33.3 Å². The number of methoxy groups -OCH3 is 1. The summed E-state index contributed by atoms with van der Waals surface area (Å²) in [5.41, 5.74) is 1.91. The molecule has 2 aliphatic rings. The molecule has 1 fully saturated rings. The molecule has 1 unspecified atom stereocenters. The van der Waals surface area contributed by atoms with E-state index >= 15 is 0 Å². The van der Waals surface area contributed by atoms with Crippen LogP contribution in [0.25, 0.3) is 0 Å². The van der Waals surface area contributed by atoms with Gasteiger partial charge in [0.15, 0.2) is 0 Å². The van der Waals surface area contributed by atoms with Crippen LogP contribution in [0.3, 0.4) is 0 Å². The molecule has 4 rings (SSSR count). The molecule has 2 aromatic carbocycles. The summed E-state index contributed by atoms with van der Waals surface area (Å²) in [5, 5.41) is -0.0359. The number of ether oxygens (including phenoxy) is 1. The normalized spacial score (nSPS) is 18.9. The number of benzene rings is 2. The number of hydrogen-bond acceptors (Lipinski definition) is 4. The molecule has 1 saturated heterocycles. The van der Waals surface area contributed by atoms with Crippen molar-refractivity contribution in [3.05, 3.63) is 59.7 Å². The van der Waals surface area contributed by atoms with E-state index in [9.17, 15) is 9.59 Å². The number of piperazine rings is 1. The van der Waals surface area contributed by atoms with Gasteiger partial charge in [-0.05, 0) is 42.3 Å².